The summed E-state index contributed by atoms with van der Waals surface area (Å²) in [4.78, 5) is 22.1. The van der Waals surface area contributed by atoms with Crippen LogP contribution in [0, 0.1) is 0 Å². The van der Waals surface area contributed by atoms with Gasteiger partial charge in [0.25, 0.3) is 0 Å². The van der Waals surface area contributed by atoms with Crippen LogP contribution in [0.1, 0.15) is 27.2 Å². The molecule has 0 aliphatic heterocycles. The van der Waals surface area contributed by atoms with E-state index in [1.54, 1.807) is 6.92 Å². The first-order valence-corrected chi connectivity index (χ1v) is 4.09. The molecular formula is C10H12O3. The van der Waals surface area contributed by atoms with E-state index in [1.807, 2.05) is 13.8 Å². The highest BCUT2D eigenvalue weighted by molar-refractivity contribution is 6.19. The molecule has 0 heterocycles. The van der Waals surface area contributed by atoms with E-state index in [-0.39, 0.29) is 17.8 Å². The van der Waals surface area contributed by atoms with Crippen LogP contribution < -0.4 is 0 Å². The largest absolute Gasteiger partial charge is 0.478 e. The number of ketones is 1. The molecule has 13 heavy (non-hydrogen) atoms. The highest BCUT2D eigenvalue weighted by atomic mass is 16.4. The van der Waals surface area contributed by atoms with Crippen molar-refractivity contribution in [2.45, 2.75) is 27.2 Å². The van der Waals surface area contributed by atoms with Crippen molar-refractivity contribution in [2.75, 3.05) is 0 Å². The van der Waals surface area contributed by atoms with E-state index in [1.165, 1.54) is 0 Å². The van der Waals surface area contributed by atoms with Gasteiger partial charge in [-0.05, 0) is 31.9 Å². The zero-order valence-corrected chi connectivity index (χ0v) is 7.97. The van der Waals surface area contributed by atoms with E-state index >= 15 is 0 Å². The molecule has 1 rings (SSSR count). The van der Waals surface area contributed by atoms with Crippen molar-refractivity contribution >= 4 is 11.8 Å². The first kappa shape index (κ1) is 9.71. The predicted molar refractivity (Wildman–Crippen MR) is 48.3 cm³/mol. The summed E-state index contributed by atoms with van der Waals surface area (Å²) in [5.74, 6) is -1.40. The molecule has 0 amide bonds. The average Bonchev–Trinajstić information content (AvgIpc) is 1.99. The second kappa shape index (κ2) is 3.17. The van der Waals surface area contributed by atoms with Crippen molar-refractivity contribution in [3.8, 4) is 0 Å². The van der Waals surface area contributed by atoms with Gasteiger partial charge in [-0.15, -0.1) is 0 Å². The number of carbonyl (C=O) groups is 2. The molecule has 1 aliphatic carbocycles. The van der Waals surface area contributed by atoms with E-state index in [9.17, 15) is 9.59 Å². The third-order valence-corrected chi connectivity index (χ3v) is 2.50. The van der Waals surface area contributed by atoms with Crippen LogP contribution in [0.4, 0.5) is 0 Å². The maximum atomic E-state index is 11.3. The Morgan fingerprint density at radius 2 is 1.77 bits per heavy atom. The molecule has 0 radical (unpaired) electrons. The van der Waals surface area contributed by atoms with Crippen LogP contribution in [0.2, 0.25) is 0 Å². The van der Waals surface area contributed by atoms with Crippen LogP contribution in [-0.2, 0) is 9.59 Å². The first-order chi connectivity index (χ1) is 5.95. The Bertz CT molecular complexity index is 345. The standard InChI is InChI=1S/C10H12O3/c1-5-4-8(11)9(10(12)13)7(3)6(5)2/h4H2,1-3H3,(H,12,13). The lowest BCUT2D eigenvalue weighted by molar-refractivity contribution is -0.134. The number of Topliss-reactive ketones (excluding diaryl/α,β-unsaturated/α-hetero) is 1. The fraction of sp³-hybridized carbons (Fsp3) is 0.400. The minimum absolute atomic E-state index is 0.0527. The van der Waals surface area contributed by atoms with Crippen LogP contribution in [0.5, 0.6) is 0 Å². The number of carboxylic acid groups (broad SMARTS) is 1. The molecule has 1 aliphatic rings. The lowest BCUT2D eigenvalue weighted by Crippen LogP contribution is -2.19. The summed E-state index contributed by atoms with van der Waals surface area (Å²) >= 11 is 0. The normalized spacial score (nSPS) is 18.2. The second-order valence-electron chi connectivity index (χ2n) is 3.31. The lowest BCUT2D eigenvalue weighted by Gasteiger charge is -2.16. The average molecular weight is 180 g/mol. The van der Waals surface area contributed by atoms with E-state index in [0.717, 1.165) is 11.1 Å². The second-order valence-corrected chi connectivity index (χ2v) is 3.31. The minimum atomic E-state index is -1.12. The summed E-state index contributed by atoms with van der Waals surface area (Å²) < 4.78 is 0. The van der Waals surface area contributed by atoms with Gasteiger partial charge in [-0.1, -0.05) is 5.57 Å². The van der Waals surface area contributed by atoms with Crippen LogP contribution in [0.25, 0.3) is 0 Å². The lowest BCUT2D eigenvalue weighted by atomic mass is 9.87. The maximum Gasteiger partial charge on any atom is 0.339 e. The summed E-state index contributed by atoms with van der Waals surface area (Å²) in [5.41, 5.74) is 2.44. The number of hydrogen-bond acceptors (Lipinski definition) is 2. The molecule has 0 atom stereocenters. The number of carbonyl (C=O) groups excluding carboxylic acids is 1. The summed E-state index contributed by atoms with van der Waals surface area (Å²) in [6.07, 6.45) is 0.241. The molecule has 0 aromatic heterocycles. The summed E-state index contributed by atoms with van der Waals surface area (Å²) in [5, 5.41) is 8.78. The SMILES string of the molecule is CC1=C(C)C(C)=C(C(=O)O)C(=O)C1. The molecule has 3 nitrogen and oxygen atoms in total. The van der Waals surface area contributed by atoms with Gasteiger partial charge >= 0.3 is 5.97 Å². The number of rotatable bonds is 1. The third-order valence-electron chi connectivity index (χ3n) is 2.50. The molecule has 1 N–H and O–H groups in total. The fourth-order valence-corrected chi connectivity index (χ4v) is 1.46. The molecule has 0 saturated carbocycles. The van der Waals surface area contributed by atoms with E-state index in [4.69, 9.17) is 5.11 Å². The monoisotopic (exact) mass is 180 g/mol. The van der Waals surface area contributed by atoms with Crippen molar-refractivity contribution < 1.29 is 14.7 Å². The van der Waals surface area contributed by atoms with Gasteiger partial charge in [-0.2, -0.15) is 0 Å². The van der Waals surface area contributed by atoms with Crippen molar-refractivity contribution in [1.29, 1.82) is 0 Å². The van der Waals surface area contributed by atoms with Gasteiger partial charge in [0.2, 0.25) is 0 Å². The topological polar surface area (TPSA) is 54.4 Å². The zero-order valence-electron chi connectivity index (χ0n) is 7.97. The van der Waals surface area contributed by atoms with Crippen LogP contribution >= 0.6 is 0 Å². The van der Waals surface area contributed by atoms with Gasteiger partial charge < -0.3 is 5.11 Å². The van der Waals surface area contributed by atoms with E-state index in [0.29, 0.717) is 5.57 Å². The summed E-state index contributed by atoms with van der Waals surface area (Å²) in [6.45, 7) is 5.38. The van der Waals surface area contributed by atoms with Gasteiger partial charge in [0.1, 0.15) is 5.57 Å². The molecule has 0 spiro atoms. The number of allylic oxidation sites excluding steroid dienone is 3. The van der Waals surface area contributed by atoms with Gasteiger partial charge in [-0.3, -0.25) is 4.79 Å². The molecule has 3 heteroatoms. The van der Waals surface area contributed by atoms with Crippen LogP contribution in [0.3, 0.4) is 0 Å². The van der Waals surface area contributed by atoms with Gasteiger partial charge in [0.15, 0.2) is 5.78 Å². The molecule has 70 valence electrons. The maximum absolute atomic E-state index is 11.3. The van der Waals surface area contributed by atoms with Crippen LogP contribution in [0.15, 0.2) is 22.3 Å². The quantitative estimate of drug-likeness (QED) is 0.625. The predicted octanol–water partition coefficient (Wildman–Crippen LogP) is 1.70. The highest BCUT2D eigenvalue weighted by Gasteiger charge is 2.25. The Kier molecular flexibility index (Phi) is 2.36. The Morgan fingerprint density at radius 3 is 2.23 bits per heavy atom. The number of carboxylic acids is 1. The van der Waals surface area contributed by atoms with E-state index in [2.05, 4.69) is 0 Å². The fourth-order valence-electron chi connectivity index (χ4n) is 1.46. The minimum Gasteiger partial charge on any atom is -0.478 e. The summed E-state index contributed by atoms with van der Waals surface area (Å²) in [7, 11) is 0. The highest BCUT2D eigenvalue weighted by Crippen LogP contribution is 2.27. The van der Waals surface area contributed by atoms with Crippen LogP contribution in [-0.4, -0.2) is 16.9 Å². The molecule has 0 bridgehead atoms. The number of aliphatic carboxylic acids is 1. The molecule has 0 aromatic carbocycles. The Morgan fingerprint density at radius 1 is 1.23 bits per heavy atom. The Labute approximate surface area is 76.8 Å². The van der Waals surface area contributed by atoms with Crippen molar-refractivity contribution in [2.24, 2.45) is 0 Å². The molecule has 0 fully saturated rings. The molecular weight excluding hydrogens is 168 g/mol. The smallest absolute Gasteiger partial charge is 0.339 e. The van der Waals surface area contributed by atoms with Crippen molar-refractivity contribution in [3.05, 3.63) is 22.3 Å². The van der Waals surface area contributed by atoms with Gasteiger partial charge in [0, 0.05) is 6.42 Å². The van der Waals surface area contributed by atoms with Crippen molar-refractivity contribution in [3.63, 3.8) is 0 Å². The molecule has 0 saturated heterocycles. The Hall–Kier alpha value is -1.38. The third kappa shape index (κ3) is 1.54. The van der Waals surface area contributed by atoms with Crippen molar-refractivity contribution in [1.82, 2.24) is 0 Å². The zero-order chi connectivity index (χ0) is 10.2. The van der Waals surface area contributed by atoms with E-state index < -0.39 is 5.97 Å². The number of hydrogen-bond donors (Lipinski definition) is 1. The first-order valence-electron chi connectivity index (χ1n) is 4.09. The summed E-state index contributed by atoms with van der Waals surface area (Å²) in [6, 6.07) is 0. The molecule has 0 unspecified atom stereocenters. The molecule has 0 aromatic rings. The van der Waals surface area contributed by atoms with Gasteiger partial charge in [0.05, 0.1) is 0 Å². The van der Waals surface area contributed by atoms with Gasteiger partial charge in [-0.25, -0.2) is 4.79 Å². The Balaban J connectivity index is 3.31.